The molecule has 4 rings (SSSR count). The molecule has 0 aliphatic carbocycles. The van der Waals surface area contributed by atoms with Crippen molar-refractivity contribution >= 4 is 9.84 Å². The maximum atomic E-state index is 12.8. The topological polar surface area (TPSA) is 52.6 Å². The molecule has 4 aromatic rings. The van der Waals surface area contributed by atoms with Gasteiger partial charge in [-0.2, -0.15) is 0 Å². The van der Waals surface area contributed by atoms with Crippen LogP contribution in [0, 0.1) is 0 Å². The van der Waals surface area contributed by atoms with Gasteiger partial charge in [0.05, 0.1) is 9.79 Å². The summed E-state index contributed by atoms with van der Waals surface area (Å²) in [6, 6.07) is 31.1. The fraction of sp³-hybridized carbons (Fsp3) is 0.226. The molecular weight excluding hydrogens is 468 g/mol. The number of benzene rings is 4. The van der Waals surface area contributed by atoms with Crippen molar-refractivity contribution in [2.75, 3.05) is 0 Å². The van der Waals surface area contributed by atoms with Crippen LogP contribution in [0.3, 0.4) is 0 Å². The van der Waals surface area contributed by atoms with Crippen LogP contribution in [-0.2, 0) is 15.3 Å². The van der Waals surface area contributed by atoms with Gasteiger partial charge in [0, 0.05) is 5.41 Å². The summed E-state index contributed by atoms with van der Waals surface area (Å²) in [6.07, 6.45) is 0. The average Bonchev–Trinajstić information content (AvgIpc) is 2.85. The van der Waals surface area contributed by atoms with E-state index in [0.717, 1.165) is 11.3 Å². The van der Waals surface area contributed by atoms with E-state index in [1.54, 1.807) is 54.6 Å². The Morgan fingerprint density at radius 1 is 0.528 bits per heavy atom. The van der Waals surface area contributed by atoms with Crippen LogP contribution in [0.1, 0.15) is 45.7 Å². The molecule has 0 N–H and O–H groups in total. The summed E-state index contributed by atoms with van der Waals surface area (Å²) >= 11 is 0. The molecule has 0 aromatic heterocycles. The highest BCUT2D eigenvalue weighted by Gasteiger charge is 2.24. The van der Waals surface area contributed by atoms with Gasteiger partial charge in [-0.15, -0.1) is 0 Å². The van der Waals surface area contributed by atoms with E-state index in [-0.39, 0.29) is 20.8 Å². The van der Waals surface area contributed by atoms with E-state index in [4.69, 9.17) is 9.47 Å². The summed E-state index contributed by atoms with van der Waals surface area (Å²) < 4.78 is 37.5. The molecule has 0 aliphatic heterocycles. The lowest BCUT2D eigenvalue weighted by Gasteiger charge is -2.27. The monoisotopic (exact) mass is 500 g/mol. The molecule has 186 valence electrons. The Labute approximate surface area is 214 Å². The molecule has 0 aliphatic rings. The minimum absolute atomic E-state index is 0.202. The lowest BCUT2D eigenvalue weighted by molar-refractivity contribution is 0.131. The summed E-state index contributed by atoms with van der Waals surface area (Å²) in [5.41, 5.74) is 1.91. The Hall–Kier alpha value is -3.57. The zero-order valence-corrected chi connectivity index (χ0v) is 22.2. The molecule has 0 heterocycles. The summed E-state index contributed by atoms with van der Waals surface area (Å²) in [5.74, 6) is 2.11. The van der Waals surface area contributed by atoms with E-state index in [0.29, 0.717) is 11.5 Å². The van der Waals surface area contributed by atoms with Crippen molar-refractivity contribution in [1.82, 2.24) is 0 Å². The summed E-state index contributed by atoms with van der Waals surface area (Å²) in [5, 5.41) is 0. The summed E-state index contributed by atoms with van der Waals surface area (Å²) in [6.45, 7) is 10.5. The standard InChI is InChI=1S/C31H32O4S/c1-30(2,3)35-27-17-13-24(14-18-27)31(4,5)23-11-15-25(16-12-23)34-26-19-21-29(22-20-26)36(32,33)28-9-7-6-8-10-28/h6-22H,1-5H3. The van der Waals surface area contributed by atoms with Crippen LogP contribution >= 0.6 is 0 Å². The molecule has 4 aromatic carbocycles. The molecule has 0 saturated carbocycles. The first kappa shape index (κ1) is 25.5. The Bertz CT molecular complexity index is 1400. The van der Waals surface area contributed by atoms with Crippen LogP contribution in [0.2, 0.25) is 0 Å². The molecule has 0 fully saturated rings. The molecule has 5 heteroatoms. The Morgan fingerprint density at radius 3 is 1.42 bits per heavy atom. The number of hydrogen-bond acceptors (Lipinski definition) is 4. The van der Waals surface area contributed by atoms with E-state index in [1.807, 2.05) is 45.0 Å². The van der Waals surface area contributed by atoms with Gasteiger partial charge in [-0.05, 0) is 92.6 Å². The Kier molecular flexibility index (Phi) is 6.96. The average molecular weight is 501 g/mol. The van der Waals surface area contributed by atoms with Crippen molar-refractivity contribution < 1.29 is 17.9 Å². The van der Waals surface area contributed by atoms with Gasteiger partial charge >= 0.3 is 0 Å². The molecule has 0 unspecified atom stereocenters. The molecule has 0 bridgehead atoms. The predicted molar refractivity (Wildman–Crippen MR) is 144 cm³/mol. The molecule has 0 radical (unpaired) electrons. The van der Waals surface area contributed by atoms with Gasteiger partial charge in [-0.1, -0.05) is 56.3 Å². The maximum Gasteiger partial charge on any atom is 0.206 e. The van der Waals surface area contributed by atoms with Gasteiger partial charge in [-0.25, -0.2) is 8.42 Å². The van der Waals surface area contributed by atoms with Crippen molar-refractivity contribution in [3.05, 3.63) is 114 Å². The fourth-order valence-electron chi connectivity index (χ4n) is 3.96. The summed E-state index contributed by atoms with van der Waals surface area (Å²) in [7, 11) is -3.55. The third-order valence-corrected chi connectivity index (χ3v) is 7.78. The van der Waals surface area contributed by atoms with Gasteiger partial charge in [0.25, 0.3) is 0 Å². The quantitative estimate of drug-likeness (QED) is 0.260. The van der Waals surface area contributed by atoms with Crippen LogP contribution < -0.4 is 9.47 Å². The lowest BCUT2D eigenvalue weighted by atomic mass is 9.78. The maximum absolute atomic E-state index is 12.8. The van der Waals surface area contributed by atoms with Crippen molar-refractivity contribution in [1.29, 1.82) is 0 Å². The highest BCUT2D eigenvalue weighted by atomic mass is 32.2. The first-order valence-electron chi connectivity index (χ1n) is 11.9. The van der Waals surface area contributed by atoms with Gasteiger partial charge in [0.15, 0.2) is 0 Å². The minimum atomic E-state index is -3.55. The normalized spacial score (nSPS) is 12.2. The number of rotatable bonds is 7. The molecule has 4 nitrogen and oxygen atoms in total. The minimum Gasteiger partial charge on any atom is -0.488 e. The zero-order chi connectivity index (χ0) is 26.0. The Morgan fingerprint density at radius 2 is 0.944 bits per heavy atom. The van der Waals surface area contributed by atoms with Gasteiger partial charge in [0.2, 0.25) is 9.84 Å². The predicted octanol–water partition coefficient (Wildman–Crippen LogP) is 7.81. The molecule has 0 atom stereocenters. The largest absolute Gasteiger partial charge is 0.488 e. The molecule has 0 saturated heterocycles. The first-order valence-corrected chi connectivity index (χ1v) is 13.4. The van der Waals surface area contributed by atoms with Crippen LogP contribution in [0.5, 0.6) is 17.2 Å². The molecule has 0 amide bonds. The highest BCUT2D eigenvalue weighted by Crippen LogP contribution is 2.34. The van der Waals surface area contributed by atoms with Crippen molar-refractivity contribution in [2.24, 2.45) is 0 Å². The van der Waals surface area contributed by atoms with E-state index < -0.39 is 9.84 Å². The van der Waals surface area contributed by atoms with Gasteiger partial charge in [-0.3, -0.25) is 0 Å². The lowest BCUT2D eigenvalue weighted by Crippen LogP contribution is -2.23. The molecular formula is C31H32O4S. The van der Waals surface area contributed by atoms with E-state index in [9.17, 15) is 8.42 Å². The second kappa shape index (κ2) is 9.82. The van der Waals surface area contributed by atoms with Crippen LogP contribution in [-0.4, -0.2) is 14.0 Å². The second-order valence-corrected chi connectivity index (χ2v) is 12.2. The fourth-order valence-corrected chi connectivity index (χ4v) is 5.24. The van der Waals surface area contributed by atoms with Crippen molar-refractivity contribution in [3.8, 4) is 17.2 Å². The van der Waals surface area contributed by atoms with Crippen LogP contribution in [0.25, 0.3) is 0 Å². The first-order chi connectivity index (χ1) is 16.9. The third kappa shape index (κ3) is 5.80. The zero-order valence-electron chi connectivity index (χ0n) is 21.4. The number of hydrogen-bond donors (Lipinski definition) is 0. The number of sulfone groups is 1. The van der Waals surface area contributed by atoms with Crippen LogP contribution in [0.4, 0.5) is 0 Å². The molecule has 0 spiro atoms. The second-order valence-electron chi connectivity index (χ2n) is 10.3. The van der Waals surface area contributed by atoms with E-state index in [1.165, 1.54) is 5.56 Å². The van der Waals surface area contributed by atoms with E-state index >= 15 is 0 Å². The third-order valence-electron chi connectivity index (χ3n) is 6.00. The van der Waals surface area contributed by atoms with Gasteiger partial charge < -0.3 is 9.47 Å². The smallest absolute Gasteiger partial charge is 0.206 e. The number of ether oxygens (including phenoxy) is 2. The van der Waals surface area contributed by atoms with Gasteiger partial charge in [0.1, 0.15) is 22.8 Å². The van der Waals surface area contributed by atoms with Crippen molar-refractivity contribution in [3.63, 3.8) is 0 Å². The van der Waals surface area contributed by atoms with Crippen LogP contribution in [0.15, 0.2) is 113 Å². The van der Waals surface area contributed by atoms with Crippen molar-refractivity contribution in [2.45, 2.75) is 55.4 Å². The van der Waals surface area contributed by atoms with E-state index in [2.05, 4.69) is 38.1 Å². The Balaban J connectivity index is 1.46. The SMILES string of the molecule is CC(C)(C)Oc1ccc(C(C)(C)c2ccc(Oc3ccc(S(=O)(=O)c4ccccc4)cc3)cc2)cc1. The summed E-state index contributed by atoms with van der Waals surface area (Å²) in [4.78, 5) is 0.505. The molecule has 36 heavy (non-hydrogen) atoms. The highest BCUT2D eigenvalue weighted by molar-refractivity contribution is 7.91.